The van der Waals surface area contributed by atoms with E-state index in [1.807, 2.05) is 12.1 Å². The zero-order valence-corrected chi connectivity index (χ0v) is 12.3. The van der Waals surface area contributed by atoms with Crippen molar-refractivity contribution in [3.8, 4) is 0 Å². The summed E-state index contributed by atoms with van der Waals surface area (Å²) in [5.74, 6) is 0. The van der Waals surface area contributed by atoms with Crippen LogP contribution in [0, 0.1) is 0 Å². The number of fused-ring (bicyclic) bond motifs is 2. The Labute approximate surface area is 129 Å². The SMILES string of the molecule is O[C@@H]1c2c3c(cc4ccc5cccc(c5c24)[C@@H]1O)CCCC3. The Hall–Kier alpha value is -1.90. The Kier molecular flexibility index (Phi) is 2.47. The van der Waals surface area contributed by atoms with E-state index in [-0.39, 0.29) is 0 Å². The number of aryl methyl sites for hydroxylation is 1. The quantitative estimate of drug-likeness (QED) is 0.615. The molecule has 22 heavy (non-hydrogen) atoms. The number of rotatable bonds is 0. The molecule has 0 unspecified atom stereocenters. The van der Waals surface area contributed by atoms with Crippen molar-refractivity contribution in [2.45, 2.75) is 37.9 Å². The van der Waals surface area contributed by atoms with Gasteiger partial charge in [0.15, 0.2) is 0 Å². The number of benzene rings is 3. The summed E-state index contributed by atoms with van der Waals surface area (Å²) in [7, 11) is 0. The molecule has 2 aliphatic carbocycles. The highest BCUT2D eigenvalue weighted by molar-refractivity contribution is 6.12. The Morgan fingerprint density at radius 1 is 0.818 bits per heavy atom. The van der Waals surface area contributed by atoms with Gasteiger partial charge in [0, 0.05) is 0 Å². The second-order valence-corrected chi connectivity index (χ2v) is 6.63. The molecule has 0 amide bonds. The Morgan fingerprint density at radius 2 is 1.64 bits per heavy atom. The van der Waals surface area contributed by atoms with Crippen LogP contribution in [0.5, 0.6) is 0 Å². The highest BCUT2D eigenvalue weighted by Gasteiger charge is 2.33. The maximum atomic E-state index is 10.8. The van der Waals surface area contributed by atoms with E-state index in [0.29, 0.717) is 0 Å². The van der Waals surface area contributed by atoms with Gasteiger partial charge in [-0.15, -0.1) is 0 Å². The van der Waals surface area contributed by atoms with Crippen LogP contribution in [0.4, 0.5) is 0 Å². The van der Waals surface area contributed by atoms with E-state index < -0.39 is 12.2 Å². The average Bonchev–Trinajstić information content (AvgIpc) is 2.56. The van der Waals surface area contributed by atoms with Gasteiger partial charge in [0.2, 0.25) is 0 Å². The van der Waals surface area contributed by atoms with Gasteiger partial charge in [0.05, 0.1) is 0 Å². The molecule has 0 saturated heterocycles. The fourth-order valence-corrected chi connectivity index (χ4v) is 4.47. The molecule has 3 aromatic carbocycles. The van der Waals surface area contributed by atoms with Gasteiger partial charge in [-0.05, 0) is 69.5 Å². The maximum absolute atomic E-state index is 10.8. The first-order valence-corrected chi connectivity index (χ1v) is 8.12. The molecule has 2 aliphatic rings. The first-order chi connectivity index (χ1) is 10.8. The van der Waals surface area contributed by atoms with Crippen LogP contribution >= 0.6 is 0 Å². The van der Waals surface area contributed by atoms with Gasteiger partial charge in [-0.1, -0.05) is 36.4 Å². The molecule has 2 atom stereocenters. The number of aliphatic hydroxyl groups is 2. The fourth-order valence-electron chi connectivity index (χ4n) is 4.47. The molecule has 0 saturated carbocycles. The third kappa shape index (κ3) is 1.47. The van der Waals surface area contributed by atoms with Crippen molar-refractivity contribution in [1.82, 2.24) is 0 Å². The van der Waals surface area contributed by atoms with Crippen molar-refractivity contribution in [2.24, 2.45) is 0 Å². The lowest BCUT2D eigenvalue weighted by Gasteiger charge is -2.32. The summed E-state index contributed by atoms with van der Waals surface area (Å²) >= 11 is 0. The molecule has 2 heteroatoms. The highest BCUT2D eigenvalue weighted by atomic mass is 16.3. The first-order valence-electron chi connectivity index (χ1n) is 8.12. The minimum Gasteiger partial charge on any atom is -0.385 e. The second-order valence-electron chi connectivity index (χ2n) is 6.63. The van der Waals surface area contributed by atoms with E-state index in [9.17, 15) is 10.2 Å². The van der Waals surface area contributed by atoms with Crippen molar-refractivity contribution in [2.75, 3.05) is 0 Å². The molecule has 5 rings (SSSR count). The zero-order chi connectivity index (χ0) is 14.8. The van der Waals surface area contributed by atoms with Crippen LogP contribution in [0.2, 0.25) is 0 Å². The molecule has 0 heterocycles. The molecule has 3 aromatic rings. The van der Waals surface area contributed by atoms with Gasteiger partial charge in [-0.3, -0.25) is 0 Å². The lowest BCUT2D eigenvalue weighted by molar-refractivity contribution is 0.0172. The van der Waals surface area contributed by atoms with Crippen molar-refractivity contribution in [1.29, 1.82) is 0 Å². The molecule has 0 aliphatic heterocycles. The summed E-state index contributed by atoms with van der Waals surface area (Å²) < 4.78 is 0. The lowest BCUT2D eigenvalue weighted by atomic mass is 9.76. The van der Waals surface area contributed by atoms with Gasteiger partial charge in [-0.25, -0.2) is 0 Å². The molecule has 0 aromatic heterocycles. The molecule has 0 radical (unpaired) electrons. The standard InChI is InChI=1S/C20H18O2/c21-19-15-7-3-5-11-8-9-13-10-12-4-1-2-6-14(12)18(20(19)22)17(13)16(11)15/h3,5,7-10,19-22H,1-2,4,6H2/t19-,20+/m0/s1. The first kappa shape index (κ1) is 12.6. The van der Waals surface area contributed by atoms with E-state index >= 15 is 0 Å². The van der Waals surface area contributed by atoms with Crippen LogP contribution in [0.25, 0.3) is 21.5 Å². The van der Waals surface area contributed by atoms with E-state index in [1.54, 1.807) is 0 Å². The molecular formula is C20H18O2. The second kappa shape index (κ2) is 4.31. The summed E-state index contributed by atoms with van der Waals surface area (Å²) in [6.45, 7) is 0. The predicted octanol–water partition coefficient (Wildman–Crippen LogP) is 3.95. The maximum Gasteiger partial charge on any atom is 0.110 e. The molecule has 0 spiro atoms. The summed E-state index contributed by atoms with van der Waals surface area (Å²) in [6, 6.07) is 12.6. The van der Waals surface area contributed by atoms with E-state index in [1.165, 1.54) is 29.4 Å². The summed E-state index contributed by atoms with van der Waals surface area (Å²) in [4.78, 5) is 0. The van der Waals surface area contributed by atoms with E-state index in [0.717, 1.165) is 40.1 Å². The molecule has 2 N–H and O–H groups in total. The van der Waals surface area contributed by atoms with E-state index in [2.05, 4.69) is 24.3 Å². The third-order valence-corrected chi connectivity index (χ3v) is 5.46. The van der Waals surface area contributed by atoms with Crippen LogP contribution in [-0.2, 0) is 12.8 Å². The predicted molar refractivity (Wildman–Crippen MR) is 88.0 cm³/mol. The molecule has 0 fully saturated rings. The van der Waals surface area contributed by atoms with Gasteiger partial charge in [0.25, 0.3) is 0 Å². The lowest BCUT2D eigenvalue weighted by Crippen LogP contribution is -2.19. The number of hydrogen-bond acceptors (Lipinski definition) is 2. The van der Waals surface area contributed by atoms with Crippen molar-refractivity contribution in [3.63, 3.8) is 0 Å². The van der Waals surface area contributed by atoms with Crippen LogP contribution in [0.3, 0.4) is 0 Å². The Bertz CT molecular complexity index is 926. The minimum atomic E-state index is -0.824. The zero-order valence-electron chi connectivity index (χ0n) is 12.3. The van der Waals surface area contributed by atoms with Crippen molar-refractivity contribution < 1.29 is 10.2 Å². The molecular weight excluding hydrogens is 272 g/mol. The van der Waals surface area contributed by atoms with Crippen molar-refractivity contribution >= 4 is 21.5 Å². The van der Waals surface area contributed by atoms with Crippen LogP contribution in [0.1, 0.15) is 47.3 Å². The summed E-state index contributed by atoms with van der Waals surface area (Å²) in [6.07, 6.45) is 2.86. The fraction of sp³-hybridized carbons (Fsp3) is 0.300. The van der Waals surface area contributed by atoms with Gasteiger partial charge < -0.3 is 10.2 Å². The van der Waals surface area contributed by atoms with Crippen LogP contribution in [-0.4, -0.2) is 10.2 Å². The van der Waals surface area contributed by atoms with Crippen LogP contribution < -0.4 is 0 Å². The number of aliphatic hydroxyl groups excluding tert-OH is 2. The topological polar surface area (TPSA) is 40.5 Å². The minimum absolute atomic E-state index is 0.809. The van der Waals surface area contributed by atoms with Gasteiger partial charge >= 0.3 is 0 Å². The van der Waals surface area contributed by atoms with E-state index in [4.69, 9.17) is 0 Å². The summed E-state index contributed by atoms with van der Waals surface area (Å²) in [5, 5.41) is 26.1. The molecule has 2 nitrogen and oxygen atoms in total. The molecule has 0 bridgehead atoms. The Morgan fingerprint density at radius 3 is 2.55 bits per heavy atom. The van der Waals surface area contributed by atoms with Crippen molar-refractivity contribution in [3.05, 3.63) is 58.7 Å². The van der Waals surface area contributed by atoms with Gasteiger partial charge in [0.1, 0.15) is 12.2 Å². The largest absolute Gasteiger partial charge is 0.385 e. The third-order valence-electron chi connectivity index (χ3n) is 5.46. The van der Waals surface area contributed by atoms with Crippen LogP contribution in [0.15, 0.2) is 36.4 Å². The average molecular weight is 290 g/mol. The summed E-state index contributed by atoms with van der Waals surface area (Å²) in [5.41, 5.74) is 4.49. The number of hydrogen-bond donors (Lipinski definition) is 2. The highest BCUT2D eigenvalue weighted by Crippen LogP contribution is 2.48. The normalized spacial score (nSPS) is 23.2. The smallest absolute Gasteiger partial charge is 0.110 e. The monoisotopic (exact) mass is 290 g/mol. The molecule has 110 valence electrons. The van der Waals surface area contributed by atoms with Gasteiger partial charge in [-0.2, -0.15) is 0 Å². The Balaban J connectivity index is 2.05.